The molecule has 2 N–H and O–H groups in total. The molecule has 0 amide bonds. The molecule has 0 unspecified atom stereocenters. The van der Waals surface area contributed by atoms with Crippen LogP contribution in [0.2, 0.25) is 0 Å². The minimum Gasteiger partial charge on any atom is -0.387 e. The maximum Gasteiger partial charge on any atom is 0.0591 e. The fourth-order valence-corrected chi connectivity index (χ4v) is 1.97. The van der Waals surface area contributed by atoms with Crippen molar-refractivity contribution in [2.75, 3.05) is 23.9 Å². The Balaban J connectivity index is 2.18. The average Bonchev–Trinajstić information content (AvgIpc) is 2.39. The van der Waals surface area contributed by atoms with Gasteiger partial charge in [-0.15, -0.1) is 11.8 Å². The molecule has 0 saturated heterocycles. The molecule has 0 aliphatic carbocycles. The summed E-state index contributed by atoms with van der Waals surface area (Å²) in [5.74, 6) is 0. The van der Waals surface area contributed by atoms with Crippen LogP contribution >= 0.6 is 11.8 Å². The minimum absolute atomic E-state index is 0.982. The van der Waals surface area contributed by atoms with Crippen LogP contribution in [0.5, 0.6) is 0 Å². The predicted octanol–water partition coefficient (Wildman–Crippen LogP) is 3.59. The maximum absolute atomic E-state index is 4.16. The summed E-state index contributed by atoms with van der Waals surface area (Å²) in [7, 11) is 1.88. The molecule has 17 heavy (non-hydrogen) atoms. The van der Waals surface area contributed by atoms with Gasteiger partial charge >= 0.3 is 0 Å². The van der Waals surface area contributed by atoms with Crippen molar-refractivity contribution in [2.24, 2.45) is 0 Å². The van der Waals surface area contributed by atoms with E-state index >= 15 is 0 Å². The molecule has 4 heteroatoms. The highest BCUT2D eigenvalue weighted by molar-refractivity contribution is 7.98. The number of benzene rings is 1. The highest BCUT2D eigenvalue weighted by Crippen LogP contribution is 2.23. The second kappa shape index (κ2) is 5.59. The van der Waals surface area contributed by atoms with Crippen molar-refractivity contribution in [3.63, 3.8) is 0 Å². The topological polar surface area (TPSA) is 37.0 Å². The van der Waals surface area contributed by atoms with E-state index < -0.39 is 0 Å². The first-order valence-corrected chi connectivity index (χ1v) is 6.58. The summed E-state index contributed by atoms with van der Waals surface area (Å²) in [4.78, 5) is 5.41. The molecule has 1 heterocycles. The van der Waals surface area contributed by atoms with Gasteiger partial charge in [-0.3, -0.25) is 4.98 Å². The summed E-state index contributed by atoms with van der Waals surface area (Å²) < 4.78 is 0. The standard InChI is InChI=1S/C13H15N3S/c1-14-11-6-12(9-15-8-11)16-10-4-3-5-13(7-10)17-2/h3-9,14,16H,1-2H3. The van der Waals surface area contributed by atoms with Crippen LogP contribution in [0, 0.1) is 0 Å². The zero-order valence-electron chi connectivity index (χ0n) is 9.90. The van der Waals surface area contributed by atoms with Crippen LogP contribution in [0.25, 0.3) is 0 Å². The van der Waals surface area contributed by atoms with Crippen LogP contribution < -0.4 is 10.6 Å². The third-order valence-corrected chi connectivity index (χ3v) is 3.11. The Hall–Kier alpha value is -1.68. The van der Waals surface area contributed by atoms with E-state index in [1.54, 1.807) is 18.0 Å². The fourth-order valence-electron chi connectivity index (χ4n) is 1.51. The van der Waals surface area contributed by atoms with E-state index in [4.69, 9.17) is 0 Å². The second-order valence-electron chi connectivity index (χ2n) is 3.57. The molecule has 0 bridgehead atoms. The van der Waals surface area contributed by atoms with Crippen LogP contribution in [0.3, 0.4) is 0 Å². The third-order valence-electron chi connectivity index (χ3n) is 2.39. The van der Waals surface area contributed by atoms with Crippen LogP contribution in [-0.4, -0.2) is 18.3 Å². The fraction of sp³-hybridized carbons (Fsp3) is 0.154. The second-order valence-corrected chi connectivity index (χ2v) is 4.45. The van der Waals surface area contributed by atoms with E-state index in [9.17, 15) is 0 Å². The molecule has 2 aromatic rings. The summed E-state index contributed by atoms with van der Waals surface area (Å²) in [6, 6.07) is 10.3. The normalized spacial score (nSPS) is 10.0. The van der Waals surface area contributed by atoms with Gasteiger partial charge in [0, 0.05) is 17.6 Å². The molecular formula is C13H15N3S. The van der Waals surface area contributed by atoms with Crippen LogP contribution in [0.15, 0.2) is 47.6 Å². The Labute approximate surface area is 106 Å². The summed E-state index contributed by atoms with van der Waals surface area (Å²) in [6.45, 7) is 0. The number of rotatable bonds is 4. The average molecular weight is 245 g/mol. The SMILES string of the molecule is CNc1cncc(Nc2cccc(SC)c2)c1. The molecule has 0 spiro atoms. The van der Waals surface area contributed by atoms with Gasteiger partial charge in [-0.2, -0.15) is 0 Å². The third kappa shape index (κ3) is 3.14. The number of pyridine rings is 1. The highest BCUT2D eigenvalue weighted by atomic mass is 32.2. The summed E-state index contributed by atoms with van der Waals surface area (Å²) >= 11 is 1.73. The molecule has 2 rings (SSSR count). The number of aromatic nitrogens is 1. The number of thioether (sulfide) groups is 1. The summed E-state index contributed by atoms with van der Waals surface area (Å²) in [6.07, 6.45) is 5.68. The van der Waals surface area contributed by atoms with Gasteiger partial charge in [0.2, 0.25) is 0 Å². The summed E-state index contributed by atoms with van der Waals surface area (Å²) in [5, 5.41) is 6.41. The number of anilines is 3. The Morgan fingerprint density at radius 2 is 1.88 bits per heavy atom. The van der Waals surface area contributed by atoms with Crippen molar-refractivity contribution in [3.05, 3.63) is 42.7 Å². The van der Waals surface area contributed by atoms with Gasteiger partial charge in [0.05, 0.1) is 23.8 Å². The molecular weight excluding hydrogens is 230 g/mol. The van der Waals surface area contributed by atoms with Crippen molar-refractivity contribution >= 4 is 28.8 Å². The predicted molar refractivity (Wildman–Crippen MR) is 75.3 cm³/mol. The van der Waals surface area contributed by atoms with Gasteiger partial charge in [-0.05, 0) is 30.5 Å². The van der Waals surface area contributed by atoms with Crippen LogP contribution in [-0.2, 0) is 0 Å². The molecule has 1 aromatic heterocycles. The van der Waals surface area contributed by atoms with Gasteiger partial charge in [0.25, 0.3) is 0 Å². The molecule has 88 valence electrons. The van der Waals surface area contributed by atoms with E-state index in [-0.39, 0.29) is 0 Å². The minimum atomic E-state index is 0.982. The van der Waals surface area contributed by atoms with Crippen molar-refractivity contribution in [1.82, 2.24) is 4.98 Å². The number of nitrogens with zero attached hydrogens (tertiary/aromatic N) is 1. The molecule has 1 aromatic carbocycles. The lowest BCUT2D eigenvalue weighted by Crippen LogP contribution is -1.94. The Morgan fingerprint density at radius 1 is 1.06 bits per heavy atom. The maximum atomic E-state index is 4.16. The first kappa shape index (κ1) is 11.8. The van der Waals surface area contributed by atoms with E-state index in [1.807, 2.05) is 31.4 Å². The molecule has 0 aliphatic rings. The molecule has 0 aliphatic heterocycles. The van der Waals surface area contributed by atoms with Gasteiger partial charge in [0.1, 0.15) is 0 Å². The first-order chi connectivity index (χ1) is 8.31. The lowest BCUT2D eigenvalue weighted by Gasteiger charge is -2.08. The Morgan fingerprint density at radius 3 is 2.65 bits per heavy atom. The summed E-state index contributed by atoms with van der Waals surface area (Å²) in [5.41, 5.74) is 3.05. The smallest absolute Gasteiger partial charge is 0.0591 e. The van der Waals surface area contributed by atoms with Crippen molar-refractivity contribution < 1.29 is 0 Å². The molecule has 0 saturated carbocycles. The monoisotopic (exact) mass is 245 g/mol. The largest absolute Gasteiger partial charge is 0.387 e. The van der Waals surface area contributed by atoms with E-state index in [2.05, 4.69) is 34.0 Å². The molecule has 0 fully saturated rings. The molecule has 0 atom stereocenters. The van der Waals surface area contributed by atoms with Gasteiger partial charge in [-0.25, -0.2) is 0 Å². The lowest BCUT2D eigenvalue weighted by atomic mass is 10.3. The van der Waals surface area contributed by atoms with Crippen LogP contribution in [0.1, 0.15) is 0 Å². The van der Waals surface area contributed by atoms with Crippen molar-refractivity contribution in [2.45, 2.75) is 4.90 Å². The highest BCUT2D eigenvalue weighted by Gasteiger charge is 1.98. The Bertz CT molecular complexity index is 454. The van der Waals surface area contributed by atoms with E-state index in [0.717, 1.165) is 17.1 Å². The quantitative estimate of drug-likeness (QED) is 0.807. The molecule has 0 radical (unpaired) electrons. The first-order valence-electron chi connectivity index (χ1n) is 5.35. The van der Waals surface area contributed by atoms with Crippen molar-refractivity contribution in [1.29, 1.82) is 0 Å². The van der Waals surface area contributed by atoms with E-state index in [1.165, 1.54) is 4.90 Å². The van der Waals surface area contributed by atoms with E-state index in [0.29, 0.717) is 0 Å². The molecule has 3 nitrogen and oxygen atoms in total. The number of hydrogen-bond acceptors (Lipinski definition) is 4. The zero-order valence-corrected chi connectivity index (χ0v) is 10.7. The van der Waals surface area contributed by atoms with Gasteiger partial charge < -0.3 is 10.6 Å². The van der Waals surface area contributed by atoms with Gasteiger partial charge in [-0.1, -0.05) is 6.07 Å². The number of nitrogens with one attached hydrogen (secondary N) is 2. The zero-order chi connectivity index (χ0) is 12.1. The number of hydrogen-bond donors (Lipinski definition) is 2. The lowest BCUT2D eigenvalue weighted by molar-refractivity contribution is 1.30. The van der Waals surface area contributed by atoms with Crippen LogP contribution in [0.4, 0.5) is 17.1 Å². The van der Waals surface area contributed by atoms with Gasteiger partial charge in [0.15, 0.2) is 0 Å². The van der Waals surface area contributed by atoms with Crippen molar-refractivity contribution in [3.8, 4) is 0 Å². The Kier molecular flexibility index (Phi) is 3.88.